The van der Waals surface area contributed by atoms with Crippen LogP contribution in [0.4, 0.5) is 11.5 Å². The van der Waals surface area contributed by atoms with Crippen molar-refractivity contribution in [1.29, 1.82) is 0 Å². The van der Waals surface area contributed by atoms with Crippen LogP contribution in [0, 0.1) is 0 Å². The Morgan fingerprint density at radius 2 is 1.80 bits per heavy atom. The van der Waals surface area contributed by atoms with E-state index < -0.39 is 9.73 Å². The van der Waals surface area contributed by atoms with Crippen LogP contribution in [0.3, 0.4) is 0 Å². The molecule has 2 aromatic heterocycles. The molecule has 1 aliphatic carbocycles. The lowest BCUT2D eigenvalue weighted by atomic mass is 9.98. The van der Waals surface area contributed by atoms with Crippen molar-refractivity contribution in [1.82, 2.24) is 14.5 Å². The van der Waals surface area contributed by atoms with E-state index in [1.54, 1.807) is 7.05 Å². The van der Waals surface area contributed by atoms with Crippen LogP contribution in [0.5, 0.6) is 0 Å². The van der Waals surface area contributed by atoms with Crippen molar-refractivity contribution >= 4 is 38.2 Å². The molecule has 1 saturated carbocycles. The molecule has 1 fully saturated rings. The molecule has 5 rings (SSSR count). The first kappa shape index (κ1) is 22.8. The molecular formula is C26H26N6O2S. The van der Waals surface area contributed by atoms with Crippen LogP contribution in [0.25, 0.3) is 33.4 Å². The lowest BCUT2D eigenvalue weighted by Gasteiger charge is -2.12. The van der Waals surface area contributed by atoms with Crippen LogP contribution >= 0.6 is 0 Å². The van der Waals surface area contributed by atoms with Gasteiger partial charge in [-0.15, -0.1) is 0 Å². The molecule has 35 heavy (non-hydrogen) atoms. The Morgan fingerprint density at radius 1 is 1.14 bits per heavy atom. The van der Waals surface area contributed by atoms with E-state index in [0.717, 1.165) is 45.5 Å². The highest BCUT2D eigenvalue weighted by Gasteiger charge is 2.34. The lowest BCUT2D eigenvalue weighted by molar-refractivity contribution is -0.111. The summed E-state index contributed by atoms with van der Waals surface area (Å²) in [5.41, 5.74) is 11.3. The molecule has 0 radical (unpaired) electrons. The zero-order valence-corrected chi connectivity index (χ0v) is 20.4. The van der Waals surface area contributed by atoms with Crippen molar-refractivity contribution in [3.05, 3.63) is 67.5 Å². The fourth-order valence-corrected chi connectivity index (χ4v) is 6.65. The van der Waals surface area contributed by atoms with Gasteiger partial charge in [-0.25, -0.2) is 18.5 Å². The number of carbonyl (C=O) groups excluding carboxylic acids is 1. The summed E-state index contributed by atoms with van der Waals surface area (Å²) < 4.78 is 19.7. The SMILES string of the molecule is C=CC(=O)Nc1ccc(-c2c(-c3ccc(S(=O)(=NC)C4CC4)cc3)c3c(N)ncnc3n2C)cc1. The summed E-state index contributed by atoms with van der Waals surface area (Å²) in [4.78, 5) is 21.1. The number of carbonyl (C=O) groups is 1. The smallest absolute Gasteiger partial charge is 0.247 e. The first-order chi connectivity index (χ1) is 16.9. The highest BCUT2D eigenvalue weighted by Crippen LogP contribution is 2.42. The Kier molecular flexibility index (Phi) is 5.64. The minimum atomic E-state index is -2.41. The molecule has 1 aliphatic rings. The maximum atomic E-state index is 13.4. The van der Waals surface area contributed by atoms with Gasteiger partial charge in [0.05, 0.1) is 20.8 Å². The predicted octanol–water partition coefficient (Wildman–Crippen LogP) is 4.63. The number of amides is 1. The van der Waals surface area contributed by atoms with Gasteiger partial charge in [-0.05, 0) is 54.3 Å². The topological polar surface area (TPSA) is 115 Å². The van der Waals surface area contributed by atoms with Crippen molar-refractivity contribution < 1.29 is 9.00 Å². The monoisotopic (exact) mass is 486 g/mol. The number of aromatic nitrogens is 3. The van der Waals surface area contributed by atoms with Gasteiger partial charge in [-0.3, -0.25) is 4.79 Å². The molecular weight excluding hydrogens is 460 g/mol. The standard InChI is InChI=1S/C26H26N6O2S/c1-4-21(33)31-18-9-5-17(6-10-18)24-22(23-25(27)29-15-30-26(23)32(24)3)16-7-11-19(12-8-16)35(34,28-2)20-13-14-20/h4-12,15,20H,1,13-14H2,2-3H3,(H,31,33)(H2,27,29,30). The van der Waals surface area contributed by atoms with Gasteiger partial charge in [-0.1, -0.05) is 30.8 Å². The van der Waals surface area contributed by atoms with Gasteiger partial charge in [0.15, 0.2) is 0 Å². The normalized spacial score (nSPS) is 14.9. The summed E-state index contributed by atoms with van der Waals surface area (Å²) in [5.74, 6) is 0.115. The predicted molar refractivity (Wildman–Crippen MR) is 140 cm³/mol. The van der Waals surface area contributed by atoms with E-state index in [4.69, 9.17) is 5.73 Å². The average molecular weight is 487 g/mol. The number of hydrogen-bond acceptors (Lipinski definition) is 6. The first-order valence-corrected chi connectivity index (χ1v) is 12.8. The Hall–Kier alpha value is -3.98. The second-order valence-electron chi connectivity index (χ2n) is 8.49. The minimum Gasteiger partial charge on any atom is -0.383 e. The van der Waals surface area contributed by atoms with Gasteiger partial charge in [0.1, 0.15) is 17.8 Å². The molecule has 0 saturated heterocycles. The summed E-state index contributed by atoms with van der Waals surface area (Å²) >= 11 is 0. The van der Waals surface area contributed by atoms with Crippen LogP contribution in [0.1, 0.15) is 12.8 Å². The third kappa shape index (κ3) is 3.87. The lowest BCUT2D eigenvalue weighted by Crippen LogP contribution is -2.07. The third-order valence-electron chi connectivity index (χ3n) is 6.34. The number of benzene rings is 2. The molecule has 1 amide bonds. The van der Waals surface area contributed by atoms with Crippen molar-refractivity contribution in [2.45, 2.75) is 23.0 Å². The number of nitrogens with one attached hydrogen (secondary N) is 1. The summed E-state index contributed by atoms with van der Waals surface area (Å²) in [6.07, 6.45) is 4.58. The van der Waals surface area contributed by atoms with Gasteiger partial charge in [-0.2, -0.15) is 0 Å². The first-order valence-electron chi connectivity index (χ1n) is 11.2. The van der Waals surface area contributed by atoms with Gasteiger partial charge >= 0.3 is 0 Å². The molecule has 4 aromatic rings. The second-order valence-corrected chi connectivity index (χ2v) is 11.1. The Bertz CT molecular complexity index is 1580. The number of anilines is 2. The van der Waals surface area contributed by atoms with E-state index >= 15 is 0 Å². The molecule has 9 heteroatoms. The van der Waals surface area contributed by atoms with Crippen LogP contribution in [-0.2, 0) is 21.6 Å². The fourth-order valence-electron chi connectivity index (χ4n) is 4.45. The van der Waals surface area contributed by atoms with E-state index in [-0.39, 0.29) is 11.2 Å². The zero-order chi connectivity index (χ0) is 24.7. The van der Waals surface area contributed by atoms with Crippen molar-refractivity contribution in [2.24, 2.45) is 11.4 Å². The summed E-state index contributed by atoms with van der Waals surface area (Å²) in [5, 5.41) is 3.65. The van der Waals surface area contributed by atoms with Crippen LogP contribution < -0.4 is 11.1 Å². The highest BCUT2D eigenvalue weighted by atomic mass is 32.2. The number of nitrogens with zero attached hydrogens (tertiary/aromatic N) is 4. The van der Waals surface area contributed by atoms with E-state index in [0.29, 0.717) is 17.2 Å². The fraction of sp³-hybridized carbons (Fsp3) is 0.192. The molecule has 1 atom stereocenters. The molecule has 0 spiro atoms. The Labute approximate surface area is 204 Å². The van der Waals surface area contributed by atoms with E-state index in [1.165, 1.54) is 12.4 Å². The van der Waals surface area contributed by atoms with Crippen molar-refractivity contribution in [2.75, 3.05) is 18.1 Å². The second kappa shape index (κ2) is 8.66. The quantitative estimate of drug-likeness (QED) is 0.386. The molecule has 2 aromatic carbocycles. The third-order valence-corrected chi connectivity index (χ3v) is 9.20. The van der Waals surface area contributed by atoms with Gasteiger partial charge in [0.2, 0.25) is 5.91 Å². The zero-order valence-electron chi connectivity index (χ0n) is 19.6. The van der Waals surface area contributed by atoms with Crippen molar-refractivity contribution in [3.63, 3.8) is 0 Å². The van der Waals surface area contributed by atoms with Gasteiger partial charge < -0.3 is 15.6 Å². The van der Waals surface area contributed by atoms with Gasteiger partial charge in [0, 0.05) is 35.5 Å². The Balaban J connectivity index is 1.67. The van der Waals surface area contributed by atoms with Crippen LogP contribution in [0.15, 0.2) is 76.8 Å². The highest BCUT2D eigenvalue weighted by molar-refractivity contribution is 7.94. The maximum absolute atomic E-state index is 13.4. The molecule has 2 heterocycles. The van der Waals surface area contributed by atoms with E-state index in [2.05, 4.69) is 26.2 Å². The number of fused-ring (bicyclic) bond motifs is 1. The van der Waals surface area contributed by atoms with E-state index in [9.17, 15) is 9.00 Å². The summed E-state index contributed by atoms with van der Waals surface area (Å²) in [7, 11) is 1.17. The number of nitrogen functional groups attached to an aromatic ring is 1. The molecule has 0 aliphatic heterocycles. The minimum absolute atomic E-state index is 0.135. The molecule has 1 unspecified atom stereocenters. The number of aryl methyl sites for hydroxylation is 1. The number of rotatable bonds is 6. The average Bonchev–Trinajstić information content (AvgIpc) is 3.69. The number of nitrogens with two attached hydrogens (primary N) is 1. The molecule has 8 nitrogen and oxygen atoms in total. The summed E-state index contributed by atoms with van der Waals surface area (Å²) in [6.45, 7) is 3.49. The van der Waals surface area contributed by atoms with Crippen molar-refractivity contribution in [3.8, 4) is 22.4 Å². The molecule has 3 N–H and O–H groups in total. The van der Waals surface area contributed by atoms with Crippen LogP contribution in [0.2, 0.25) is 0 Å². The Morgan fingerprint density at radius 3 is 2.40 bits per heavy atom. The maximum Gasteiger partial charge on any atom is 0.247 e. The molecule has 0 bridgehead atoms. The van der Waals surface area contributed by atoms with E-state index in [1.807, 2.05) is 60.1 Å². The van der Waals surface area contributed by atoms with Crippen LogP contribution in [-0.4, -0.2) is 36.9 Å². The van der Waals surface area contributed by atoms with Gasteiger partial charge in [0.25, 0.3) is 0 Å². The summed E-state index contributed by atoms with van der Waals surface area (Å²) in [6, 6.07) is 15.3. The molecule has 178 valence electrons. The number of hydrogen-bond donors (Lipinski definition) is 2. The largest absolute Gasteiger partial charge is 0.383 e.